The molecule has 1 heterocycles. The van der Waals surface area contributed by atoms with Gasteiger partial charge in [0.05, 0.1) is 10.6 Å². The maximum absolute atomic E-state index is 12.5. The van der Waals surface area contributed by atoms with Crippen molar-refractivity contribution in [3.8, 4) is 0 Å². The Morgan fingerprint density at radius 3 is 2.54 bits per heavy atom. The predicted octanol–water partition coefficient (Wildman–Crippen LogP) is 4.64. The van der Waals surface area contributed by atoms with Crippen LogP contribution in [0.1, 0.15) is 15.9 Å². The second-order valence-corrected chi connectivity index (χ2v) is 9.00. The van der Waals surface area contributed by atoms with Crippen LogP contribution in [0.25, 0.3) is 10.1 Å². The molecule has 2 aromatic carbocycles. The quantitative estimate of drug-likeness (QED) is 0.697. The molecule has 1 aromatic heterocycles. The van der Waals surface area contributed by atoms with Crippen LogP contribution in [0.4, 0.5) is 0 Å². The van der Waals surface area contributed by atoms with Crippen molar-refractivity contribution in [3.05, 3.63) is 63.6 Å². The first-order valence-electron chi connectivity index (χ1n) is 6.79. The lowest BCUT2D eigenvalue weighted by Gasteiger charge is -2.06. The summed E-state index contributed by atoms with van der Waals surface area (Å²) in [4.78, 5) is 12.2. The molecule has 0 fully saturated rings. The fraction of sp³-hybridized carbons (Fsp3) is 0.0625. The first-order chi connectivity index (χ1) is 11.3. The predicted molar refractivity (Wildman–Crippen MR) is 97.7 cm³/mol. The minimum atomic E-state index is -3.98. The number of aryl methyl sites for hydroxylation is 1. The van der Waals surface area contributed by atoms with Crippen LogP contribution in [0, 0.1) is 6.92 Å². The van der Waals surface area contributed by atoms with Gasteiger partial charge < -0.3 is 0 Å². The van der Waals surface area contributed by atoms with Crippen molar-refractivity contribution in [2.24, 2.45) is 0 Å². The number of nitrogens with one attached hydrogen (secondary N) is 1. The van der Waals surface area contributed by atoms with Gasteiger partial charge in [-0.25, -0.2) is 13.1 Å². The van der Waals surface area contributed by atoms with Crippen LogP contribution in [0.15, 0.2) is 46.7 Å². The van der Waals surface area contributed by atoms with Crippen molar-refractivity contribution in [1.82, 2.24) is 4.72 Å². The maximum Gasteiger partial charge on any atom is 0.273 e. The fourth-order valence-electron chi connectivity index (χ4n) is 2.17. The second-order valence-electron chi connectivity index (χ2n) is 5.17. The van der Waals surface area contributed by atoms with E-state index in [0.717, 1.165) is 27.0 Å². The van der Waals surface area contributed by atoms with Crippen LogP contribution < -0.4 is 4.72 Å². The molecular weight excluding hydrogens is 389 g/mol. The third-order valence-corrected chi connectivity index (χ3v) is 6.79. The Balaban J connectivity index is 1.93. The van der Waals surface area contributed by atoms with Crippen molar-refractivity contribution in [2.75, 3.05) is 0 Å². The van der Waals surface area contributed by atoms with Gasteiger partial charge in [0.2, 0.25) is 0 Å². The normalized spacial score (nSPS) is 11.6. The zero-order valence-corrected chi connectivity index (χ0v) is 15.5. The number of carbonyl (C=O) groups is 1. The van der Waals surface area contributed by atoms with Crippen LogP contribution in [-0.2, 0) is 10.0 Å². The van der Waals surface area contributed by atoms with Crippen molar-refractivity contribution in [2.45, 2.75) is 11.1 Å². The molecular formula is C16H11Cl2NO3S2. The van der Waals surface area contributed by atoms with Crippen LogP contribution in [-0.4, -0.2) is 14.3 Å². The van der Waals surface area contributed by atoms with Crippen LogP contribution >= 0.6 is 34.5 Å². The smallest absolute Gasteiger partial charge is 0.268 e. The largest absolute Gasteiger partial charge is 0.273 e. The highest BCUT2D eigenvalue weighted by Gasteiger charge is 2.22. The van der Waals surface area contributed by atoms with E-state index < -0.39 is 15.9 Å². The van der Waals surface area contributed by atoms with E-state index in [1.807, 2.05) is 29.8 Å². The molecule has 0 unspecified atom stereocenters. The number of amides is 1. The third kappa shape index (κ3) is 3.42. The number of fused-ring (bicyclic) bond motifs is 1. The Morgan fingerprint density at radius 2 is 1.83 bits per heavy atom. The number of hydrogen-bond acceptors (Lipinski definition) is 4. The molecule has 0 bridgehead atoms. The van der Waals surface area contributed by atoms with Gasteiger partial charge in [-0.3, -0.25) is 4.79 Å². The number of benzene rings is 2. The summed E-state index contributed by atoms with van der Waals surface area (Å²) in [5.74, 6) is -0.801. The van der Waals surface area contributed by atoms with Crippen LogP contribution in [0.5, 0.6) is 0 Å². The molecule has 4 nitrogen and oxygen atoms in total. The van der Waals surface area contributed by atoms with Crippen molar-refractivity contribution in [3.63, 3.8) is 0 Å². The van der Waals surface area contributed by atoms with E-state index in [4.69, 9.17) is 23.2 Å². The molecule has 24 heavy (non-hydrogen) atoms. The number of sulfonamides is 1. The molecule has 3 rings (SSSR count). The summed E-state index contributed by atoms with van der Waals surface area (Å²) in [6.45, 7) is 1.93. The van der Waals surface area contributed by atoms with Crippen molar-refractivity contribution < 1.29 is 13.2 Å². The summed E-state index contributed by atoms with van der Waals surface area (Å²) in [7, 11) is -3.98. The first kappa shape index (κ1) is 17.2. The van der Waals surface area contributed by atoms with Gasteiger partial charge in [0.1, 0.15) is 4.21 Å². The minimum absolute atomic E-state index is 0.0431. The molecule has 0 radical (unpaired) electrons. The molecule has 0 saturated heterocycles. The SMILES string of the molecule is Cc1ccc2sc(S(=O)(=O)NC(=O)c3ccc(Cl)cc3Cl)cc2c1. The van der Waals surface area contributed by atoms with E-state index in [2.05, 4.69) is 0 Å². The Bertz CT molecular complexity index is 1060. The fourth-order valence-corrected chi connectivity index (χ4v) is 5.01. The average molecular weight is 400 g/mol. The number of thiophene rings is 1. The molecule has 8 heteroatoms. The number of carbonyl (C=O) groups excluding carboxylic acids is 1. The molecule has 3 aromatic rings. The first-order valence-corrected chi connectivity index (χ1v) is 9.84. The van der Waals surface area contributed by atoms with E-state index in [9.17, 15) is 13.2 Å². The molecule has 124 valence electrons. The van der Waals surface area contributed by atoms with Gasteiger partial charge in [0, 0.05) is 9.72 Å². The summed E-state index contributed by atoms with van der Waals surface area (Å²) in [6, 6.07) is 11.4. The number of rotatable bonds is 3. The van der Waals surface area contributed by atoms with Crippen molar-refractivity contribution >= 4 is 60.6 Å². The topological polar surface area (TPSA) is 63.2 Å². The van der Waals surface area contributed by atoms with E-state index in [0.29, 0.717) is 5.02 Å². The lowest BCUT2D eigenvalue weighted by atomic mass is 10.2. The zero-order valence-electron chi connectivity index (χ0n) is 12.3. The molecule has 0 aliphatic rings. The standard InChI is InChI=1S/C16H11Cl2NO3S2/c1-9-2-5-14-10(6-9)7-15(23-14)24(21,22)19-16(20)12-4-3-11(17)8-13(12)18/h2-8H,1H3,(H,19,20). The Labute approximate surface area is 153 Å². The second kappa shape index (κ2) is 6.37. The Kier molecular flexibility index (Phi) is 4.57. The van der Waals surface area contributed by atoms with Crippen molar-refractivity contribution in [1.29, 1.82) is 0 Å². The van der Waals surface area contributed by atoms with Gasteiger partial charge in [-0.2, -0.15) is 0 Å². The van der Waals surface area contributed by atoms with Crippen LogP contribution in [0.2, 0.25) is 10.0 Å². The summed E-state index contributed by atoms with van der Waals surface area (Å²) in [6.07, 6.45) is 0. The Hall–Kier alpha value is -1.60. The summed E-state index contributed by atoms with van der Waals surface area (Å²) in [5.41, 5.74) is 1.07. The monoisotopic (exact) mass is 399 g/mol. The van der Waals surface area contributed by atoms with Gasteiger partial charge in [-0.1, -0.05) is 40.9 Å². The lowest BCUT2D eigenvalue weighted by Crippen LogP contribution is -2.30. The molecule has 0 saturated carbocycles. The molecule has 0 aliphatic heterocycles. The summed E-state index contributed by atoms with van der Waals surface area (Å²) in [5, 5.41) is 1.26. The highest BCUT2D eigenvalue weighted by molar-refractivity contribution is 7.92. The Morgan fingerprint density at radius 1 is 1.08 bits per heavy atom. The minimum Gasteiger partial charge on any atom is -0.268 e. The average Bonchev–Trinajstić information content (AvgIpc) is 2.90. The van der Waals surface area contributed by atoms with E-state index in [1.54, 1.807) is 6.07 Å². The number of halogens is 2. The molecule has 1 N–H and O–H groups in total. The van der Waals surface area contributed by atoms with Crippen LogP contribution in [0.3, 0.4) is 0 Å². The maximum atomic E-state index is 12.5. The van der Waals surface area contributed by atoms with Gasteiger partial charge in [0.25, 0.3) is 15.9 Å². The highest BCUT2D eigenvalue weighted by atomic mass is 35.5. The summed E-state index contributed by atoms with van der Waals surface area (Å²) < 4.78 is 27.9. The number of hydrogen-bond donors (Lipinski definition) is 1. The van der Waals surface area contributed by atoms with E-state index >= 15 is 0 Å². The van der Waals surface area contributed by atoms with E-state index in [1.165, 1.54) is 18.2 Å². The van der Waals surface area contributed by atoms with Gasteiger partial charge >= 0.3 is 0 Å². The molecule has 1 amide bonds. The third-order valence-electron chi connectivity index (χ3n) is 3.32. The zero-order chi connectivity index (χ0) is 17.5. The van der Waals surface area contributed by atoms with Gasteiger partial charge in [-0.05, 0) is 42.6 Å². The highest BCUT2D eigenvalue weighted by Crippen LogP contribution is 2.30. The van der Waals surface area contributed by atoms with E-state index in [-0.39, 0.29) is 14.8 Å². The van der Waals surface area contributed by atoms with Gasteiger partial charge in [-0.15, -0.1) is 11.3 Å². The summed E-state index contributed by atoms with van der Waals surface area (Å²) >= 11 is 12.8. The molecule has 0 atom stereocenters. The van der Waals surface area contributed by atoms with Gasteiger partial charge in [0.15, 0.2) is 0 Å². The molecule has 0 aliphatic carbocycles. The lowest BCUT2D eigenvalue weighted by molar-refractivity contribution is 0.0981. The molecule has 0 spiro atoms.